The van der Waals surface area contributed by atoms with Gasteiger partial charge in [-0.1, -0.05) is 6.07 Å². The molecule has 19 heavy (non-hydrogen) atoms. The molecule has 5 nitrogen and oxygen atoms in total. The molecular formula is C13H10N2O3S. The summed E-state index contributed by atoms with van der Waals surface area (Å²) in [7, 11) is 1.64. The number of amides is 1. The molecule has 0 unspecified atom stereocenters. The van der Waals surface area contributed by atoms with Gasteiger partial charge in [-0.2, -0.15) is 0 Å². The van der Waals surface area contributed by atoms with Gasteiger partial charge in [0.05, 0.1) is 10.4 Å². The Morgan fingerprint density at radius 1 is 1.37 bits per heavy atom. The fraction of sp³-hybridized carbons (Fsp3) is 0.0769. The molecule has 1 aromatic carbocycles. The molecule has 0 saturated heterocycles. The Morgan fingerprint density at radius 2 is 2.21 bits per heavy atom. The highest BCUT2D eigenvalue weighted by molar-refractivity contribution is 7.12. The molecule has 0 spiro atoms. The summed E-state index contributed by atoms with van der Waals surface area (Å²) in [6.07, 6.45) is 0. The smallest absolute Gasteiger partial charge is 0.408 e. The third-order valence-corrected chi connectivity index (χ3v) is 3.66. The molecule has 3 aromatic rings. The molecular weight excluding hydrogens is 264 g/mol. The highest BCUT2D eigenvalue weighted by Crippen LogP contribution is 2.19. The lowest BCUT2D eigenvalue weighted by atomic mass is 10.2. The first kappa shape index (κ1) is 11.7. The third-order valence-electron chi connectivity index (χ3n) is 2.80. The van der Waals surface area contributed by atoms with Gasteiger partial charge in [0.1, 0.15) is 0 Å². The van der Waals surface area contributed by atoms with Crippen LogP contribution < -0.4 is 11.1 Å². The number of benzene rings is 1. The molecule has 0 fully saturated rings. The van der Waals surface area contributed by atoms with Crippen LogP contribution in [0.2, 0.25) is 0 Å². The topological polar surface area (TPSA) is 64.2 Å². The van der Waals surface area contributed by atoms with Crippen molar-refractivity contribution in [3.63, 3.8) is 0 Å². The number of rotatable bonds is 2. The molecule has 0 bridgehead atoms. The van der Waals surface area contributed by atoms with E-state index in [1.54, 1.807) is 31.3 Å². The number of carbonyl (C=O) groups excluding carboxylic acids is 1. The molecule has 2 aromatic heterocycles. The van der Waals surface area contributed by atoms with E-state index in [1.807, 2.05) is 11.4 Å². The Hall–Kier alpha value is -2.34. The van der Waals surface area contributed by atoms with E-state index in [4.69, 9.17) is 4.42 Å². The monoisotopic (exact) mass is 274 g/mol. The minimum Gasteiger partial charge on any atom is -0.408 e. The van der Waals surface area contributed by atoms with Gasteiger partial charge in [-0.05, 0) is 23.6 Å². The number of hydrogen-bond donors (Lipinski definition) is 1. The fourth-order valence-corrected chi connectivity index (χ4v) is 2.43. The standard InChI is InChI=1S/C13H10N2O3S/c1-15-9-5-4-8(7-10(9)18-13(15)17)14-12(16)11-3-2-6-19-11/h2-7H,1H3,(H,14,16). The maximum atomic E-state index is 11.9. The van der Waals surface area contributed by atoms with E-state index in [0.717, 1.165) is 0 Å². The van der Waals surface area contributed by atoms with Crippen molar-refractivity contribution in [1.29, 1.82) is 0 Å². The van der Waals surface area contributed by atoms with Crippen LogP contribution in [0.15, 0.2) is 44.9 Å². The summed E-state index contributed by atoms with van der Waals surface area (Å²) in [6, 6.07) is 8.69. The van der Waals surface area contributed by atoms with Crippen molar-refractivity contribution in [3.05, 3.63) is 51.1 Å². The number of thiophene rings is 1. The molecule has 1 N–H and O–H groups in total. The molecule has 2 heterocycles. The molecule has 0 aliphatic carbocycles. The van der Waals surface area contributed by atoms with Gasteiger partial charge < -0.3 is 9.73 Å². The lowest BCUT2D eigenvalue weighted by Crippen LogP contribution is -2.10. The summed E-state index contributed by atoms with van der Waals surface area (Å²) in [4.78, 5) is 23.9. The van der Waals surface area contributed by atoms with Crippen LogP contribution in [0.3, 0.4) is 0 Å². The predicted octanol–water partition coefficient (Wildman–Crippen LogP) is 2.45. The van der Waals surface area contributed by atoms with E-state index in [1.165, 1.54) is 15.9 Å². The number of aryl methyl sites for hydroxylation is 1. The average Bonchev–Trinajstić information content (AvgIpc) is 2.99. The molecule has 3 rings (SSSR count). The number of oxazole rings is 1. The zero-order valence-electron chi connectivity index (χ0n) is 10.0. The van der Waals surface area contributed by atoms with E-state index < -0.39 is 5.76 Å². The summed E-state index contributed by atoms with van der Waals surface area (Å²) in [5, 5.41) is 4.61. The molecule has 0 atom stereocenters. The second-order valence-corrected chi connectivity index (χ2v) is 4.99. The first-order valence-electron chi connectivity index (χ1n) is 5.59. The van der Waals surface area contributed by atoms with Gasteiger partial charge in [-0.25, -0.2) is 4.79 Å². The number of hydrogen-bond acceptors (Lipinski definition) is 4. The van der Waals surface area contributed by atoms with Gasteiger partial charge in [0.25, 0.3) is 5.91 Å². The van der Waals surface area contributed by atoms with Crippen LogP contribution in [0.4, 0.5) is 5.69 Å². The number of nitrogens with zero attached hydrogens (tertiary/aromatic N) is 1. The first-order valence-corrected chi connectivity index (χ1v) is 6.47. The first-order chi connectivity index (χ1) is 9.15. The van der Waals surface area contributed by atoms with Gasteiger partial charge in [0.2, 0.25) is 0 Å². The molecule has 96 valence electrons. The van der Waals surface area contributed by atoms with Crippen molar-refractivity contribution in [1.82, 2.24) is 4.57 Å². The summed E-state index contributed by atoms with van der Waals surface area (Å²) in [5.41, 5.74) is 1.75. The number of nitrogens with one attached hydrogen (secondary N) is 1. The van der Waals surface area contributed by atoms with Crippen molar-refractivity contribution in [2.45, 2.75) is 0 Å². The van der Waals surface area contributed by atoms with Crippen molar-refractivity contribution >= 4 is 34.0 Å². The summed E-state index contributed by atoms with van der Waals surface area (Å²) >= 11 is 1.37. The minimum absolute atomic E-state index is 0.173. The van der Waals surface area contributed by atoms with Gasteiger partial charge >= 0.3 is 5.76 Å². The van der Waals surface area contributed by atoms with Crippen molar-refractivity contribution < 1.29 is 9.21 Å². The van der Waals surface area contributed by atoms with Crippen LogP contribution in [-0.2, 0) is 7.05 Å². The SMILES string of the molecule is Cn1c(=O)oc2cc(NC(=O)c3cccs3)ccc21. The van der Waals surface area contributed by atoms with Gasteiger partial charge in [0, 0.05) is 18.8 Å². The predicted molar refractivity (Wildman–Crippen MR) is 73.7 cm³/mol. The second-order valence-electron chi connectivity index (χ2n) is 4.04. The van der Waals surface area contributed by atoms with Crippen LogP contribution in [0.1, 0.15) is 9.67 Å². The molecule has 0 radical (unpaired) electrons. The van der Waals surface area contributed by atoms with Crippen LogP contribution in [0.25, 0.3) is 11.1 Å². The number of carbonyl (C=O) groups is 1. The van der Waals surface area contributed by atoms with Crippen molar-refractivity contribution in [2.75, 3.05) is 5.32 Å². The van der Waals surface area contributed by atoms with Crippen LogP contribution in [0, 0.1) is 0 Å². The minimum atomic E-state index is -0.420. The van der Waals surface area contributed by atoms with Gasteiger partial charge in [-0.3, -0.25) is 9.36 Å². The van der Waals surface area contributed by atoms with Gasteiger partial charge in [-0.15, -0.1) is 11.3 Å². The van der Waals surface area contributed by atoms with Crippen molar-refractivity contribution in [2.24, 2.45) is 7.05 Å². The van der Waals surface area contributed by atoms with E-state index in [9.17, 15) is 9.59 Å². The molecule has 6 heteroatoms. The normalized spacial score (nSPS) is 10.8. The third kappa shape index (κ3) is 2.06. The average molecular weight is 274 g/mol. The van der Waals surface area contributed by atoms with E-state index in [-0.39, 0.29) is 5.91 Å². The molecule has 1 amide bonds. The lowest BCUT2D eigenvalue weighted by molar-refractivity contribution is 0.103. The zero-order valence-corrected chi connectivity index (χ0v) is 10.9. The summed E-state index contributed by atoms with van der Waals surface area (Å²) in [5.74, 6) is -0.593. The highest BCUT2D eigenvalue weighted by atomic mass is 32.1. The molecule has 0 saturated carbocycles. The second kappa shape index (κ2) is 4.40. The van der Waals surface area contributed by atoms with E-state index in [2.05, 4.69) is 5.32 Å². The van der Waals surface area contributed by atoms with Crippen LogP contribution >= 0.6 is 11.3 Å². The Bertz CT molecular complexity index is 799. The molecule has 0 aliphatic rings. The fourth-order valence-electron chi connectivity index (χ4n) is 1.81. The summed E-state index contributed by atoms with van der Waals surface area (Å²) < 4.78 is 6.49. The van der Waals surface area contributed by atoms with Crippen LogP contribution in [0.5, 0.6) is 0 Å². The molecule has 0 aliphatic heterocycles. The Kier molecular flexibility index (Phi) is 2.72. The van der Waals surface area contributed by atoms with Gasteiger partial charge in [0.15, 0.2) is 5.58 Å². The van der Waals surface area contributed by atoms with E-state index >= 15 is 0 Å². The Balaban J connectivity index is 1.94. The van der Waals surface area contributed by atoms with Crippen molar-refractivity contribution in [3.8, 4) is 0 Å². The zero-order chi connectivity index (χ0) is 13.4. The maximum Gasteiger partial charge on any atom is 0.419 e. The van der Waals surface area contributed by atoms with E-state index in [0.29, 0.717) is 21.7 Å². The van der Waals surface area contributed by atoms with Crippen LogP contribution in [-0.4, -0.2) is 10.5 Å². The Labute approximate surface area is 112 Å². The Morgan fingerprint density at radius 3 is 2.95 bits per heavy atom. The number of anilines is 1. The highest BCUT2D eigenvalue weighted by Gasteiger charge is 2.10. The lowest BCUT2D eigenvalue weighted by Gasteiger charge is -2.03. The quantitative estimate of drug-likeness (QED) is 0.780. The maximum absolute atomic E-state index is 11.9. The largest absolute Gasteiger partial charge is 0.419 e. The number of fused-ring (bicyclic) bond motifs is 1. The number of aromatic nitrogens is 1. The summed E-state index contributed by atoms with van der Waals surface area (Å²) in [6.45, 7) is 0.